The van der Waals surface area contributed by atoms with E-state index in [1.54, 1.807) is 12.1 Å². The molecule has 2 aromatic carbocycles. The van der Waals surface area contributed by atoms with Crippen molar-refractivity contribution in [3.8, 4) is 5.75 Å². The number of ether oxygens (including phenoxy) is 1. The molecule has 2 amide bonds. The summed E-state index contributed by atoms with van der Waals surface area (Å²) in [4.78, 5) is 24.5. The van der Waals surface area contributed by atoms with Crippen LogP contribution in [0.4, 0.5) is 5.69 Å². The van der Waals surface area contributed by atoms with Gasteiger partial charge < -0.3 is 15.4 Å². The number of sulfonamides is 1. The van der Waals surface area contributed by atoms with E-state index in [0.717, 1.165) is 22.9 Å². The van der Waals surface area contributed by atoms with Gasteiger partial charge in [0.2, 0.25) is 15.9 Å². The highest BCUT2D eigenvalue weighted by atomic mass is 79.9. The molecule has 0 heterocycles. The second-order valence-electron chi connectivity index (χ2n) is 6.95. The molecule has 0 saturated heterocycles. The first-order valence-electron chi connectivity index (χ1n) is 9.24. The molecule has 1 aliphatic carbocycles. The lowest BCUT2D eigenvalue weighted by Crippen LogP contribution is -2.33. The Kier molecular flexibility index (Phi) is 6.79. The minimum Gasteiger partial charge on any atom is -0.495 e. The second-order valence-corrected chi connectivity index (χ2v) is 9.55. The Morgan fingerprint density at radius 2 is 1.90 bits per heavy atom. The third kappa shape index (κ3) is 5.59. The van der Waals surface area contributed by atoms with E-state index < -0.39 is 21.8 Å². The number of carbonyl (C=O) groups excluding carboxylic acids is 2. The van der Waals surface area contributed by atoms with E-state index in [1.165, 1.54) is 25.3 Å². The molecule has 0 bridgehead atoms. The molecule has 0 atom stereocenters. The monoisotopic (exact) mass is 495 g/mol. The van der Waals surface area contributed by atoms with E-state index in [0.29, 0.717) is 5.69 Å². The summed E-state index contributed by atoms with van der Waals surface area (Å²) in [5, 5.41) is 5.23. The topological polar surface area (TPSA) is 114 Å². The van der Waals surface area contributed by atoms with Crippen molar-refractivity contribution in [2.75, 3.05) is 19.0 Å². The van der Waals surface area contributed by atoms with Gasteiger partial charge in [-0.15, -0.1) is 0 Å². The van der Waals surface area contributed by atoms with E-state index >= 15 is 0 Å². The van der Waals surface area contributed by atoms with Crippen molar-refractivity contribution >= 4 is 43.5 Å². The van der Waals surface area contributed by atoms with Gasteiger partial charge in [0, 0.05) is 21.8 Å². The van der Waals surface area contributed by atoms with E-state index in [4.69, 9.17) is 4.74 Å². The van der Waals surface area contributed by atoms with E-state index in [2.05, 4.69) is 31.3 Å². The summed E-state index contributed by atoms with van der Waals surface area (Å²) in [5.41, 5.74) is 1.62. The molecular weight excluding hydrogens is 474 g/mol. The van der Waals surface area contributed by atoms with Gasteiger partial charge in [0.05, 0.1) is 13.7 Å². The lowest BCUT2D eigenvalue weighted by molar-refractivity contribution is -0.115. The zero-order valence-electron chi connectivity index (χ0n) is 16.5. The van der Waals surface area contributed by atoms with Crippen LogP contribution in [0, 0.1) is 6.92 Å². The van der Waals surface area contributed by atoms with Crippen LogP contribution >= 0.6 is 15.9 Å². The van der Waals surface area contributed by atoms with Crippen molar-refractivity contribution in [2.45, 2.75) is 30.7 Å². The van der Waals surface area contributed by atoms with Crippen LogP contribution in [0.1, 0.15) is 28.8 Å². The fourth-order valence-corrected chi connectivity index (χ4v) is 4.71. The highest BCUT2D eigenvalue weighted by Crippen LogP contribution is 2.28. The fraction of sp³-hybridized carbons (Fsp3) is 0.300. The van der Waals surface area contributed by atoms with Crippen LogP contribution in [0.25, 0.3) is 0 Å². The quantitative estimate of drug-likeness (QED) is 0.520. The lowest BCUT2D eigenvalue weighted by Gasteiger charge is -2.13. The van der Waals surface area contributed by atoms with Crippen molar-refractivity contribution in [2.24, 2.45) is 0 Å². The normalized spacial score (nSPS) is 13.6. The fourth-order valence-electron chi connectivity index (χ4n) is 2.74. The van der Waals surface area contributed by atoms with Gasteiger partial charge in [-0.3, -0.25) is 9.59 Å². The SMILES string of the molecule is COc1ccc(C(=O)NCC(=O)Nc2ccc(Br)cc2C)cc1S(=O)(=O)NC1CC1. The zero-order valence-corrected chi connectivity index (χ0v) is 18.9. The van der Waals surface area contributed by atoms with Crippen LogP contribution in [0.2, 0.25) is 0 Å². The van der Waals surface area contributed by atoms with E-state index in [9.17, 15) is 18.0 Å². The molecule has 0 aliphatic heterocycles. The molecule has 1 fully saturated rings. The van der Waals surface area contributed by atoms with Gasteiger partial charge >= 0.3 is 0 Å². The number of rotatable bonds is 8. The van der Waals surface area contributed by atoms with Crippen molar-refractivity contribution in [3.63, 3.8) is 0 Å². The Morgan fingerprint density at radius 3 is 2.53 bits per heavy atom. The molecule has 30 heavy (non-hydrogen) atoms. The van der Waals surface area contributed by atoms with Gasteiger partial charge in [-0.1, -0.05) is 15.9 Å². The van der Waals surface area contributed by atoms with Crippen LogP contribution in [-0.4, -0.2) is 39.9 Å². The Hall–Kier alpha value is -2.43. The van der Waals surface area contributed by atoms with E-state index in [1.807, 2.05) is 13.0 Å². The molecular formula is C20H22BrN3O5S. The number of methoxy groups -OCH3 is 1. The number of anilines is 1. The number of hydrogen-bond donors (Lipinski definition) is 3. The molecule has 2 aromatic rings. The summed E-state index contributed by atoms with van der Waals surface area (Å²) in [7, 11) is -2.45. The molecule has 10 heteroatoms. The van der Waals surface area contributed by atoms with E-state index in [-0.39, 0.29) is 28.8 Å². The maximum absolute atomic E-state index is 12.6. The predicted octanol–water partition coefficient (Wildman–Crippen LogP) is 2.58. The Bertz CT molecular complexity index is 1080. The Labute approximate surface area is 183 Å². The third-order valence-electron chi connectivity index (χ3n) is 4.49. The minimum absolute atomic E-state index is 0.0806. The van der Waals surface area contributed by atoms with Crippen molar-refractivity contribution < 1.29 is 22.7 Å². The number of benzene rings is 2. The van der Waals surface area contributed by atoms with Crippen molar-refractivity contribution in [1.29, 1.82) is 0 Å². The van der Waals surface area contributed by atoms with Gasteiger partial charge in [-0.25, -0.2) is 13.1 Å². The third-order valence-corrected chi connectivity index (χ3v) is 6.52. The summed E-state index contributed by atoms with van der Waals surface area (Å²) < 4.78 is 33.7. The summed E-state index contributed by atoms with van der Waals surface area (Å²) in [6.07, 6.45) is 1.57. The molecule has 1 saturated carbocycles. The average Bonchev–Trinajstić information content (AvgIpc) is 3.51. The molecule has 1 aliphatic rings. The second kappa shape index (κ2) is 9.15. The number of carbonyl (C=O) groups is 2. The lowest BCUT2D eigenvalue weighted by atomic mass is 10.2. The van der Waals surface area contributed by atoms with Gasteiger partial charge in [-0.2, -0.15) is 0 Å². The van der Waals surface area contributed by atoms with Crippen LogP contribution in [0.5, 0.6) is 5.75 Å². The van der Waals surface area contributed by atoms with Gasteiger partial charge in [0.15, 0.2) is 0 Å². The standard InChI is InChI=1S/C20H22BrN3O5S/c1-12-9-14(21)4-7-16(12)23-19(25)11-22-20(26)13-3-8-17(29-2)18(10-13)30(27,28)24-15-5-6-15/h3-4,7-10,15,24H,5-6,11H2,1-2H3,(H,22,26)(H,23,25). The van der Waals surface area contributed by atoms with Gasteiger partial charge in [0.25, 0.3) is 5.91 Å². The maximum atomic E-state index is 12.6. The molecule has 0 aromatic heterocycles. The predicted molar refractivity (Wildman–Crippen MR) is 116 cm³/mol. The highest BCUT2D eigenvalue weighted by molar-refractivity contribution is 9.10. The van der Waals surface area contributed by atoms with Crippen molar-refractivity contribution in [3.05, 3.63) is 52.0 Å². The minimum atomic E-state index is -3.81. The number of aryl methyl sites for hydroxylation is 1. The first-order valence-corrected chi connectivity index (χ1v) is 11.5. The van der Waals surface area contributed by atoms with Crippen LogP contribution in [-0.2, 0) is 14.8 Å². The number of nitrogens with one attached hydrogen (secondary N) is 3. The molecule has 8 nitrogen and oxygen atoms in total. The van der Waals surface area contributed by atoms with Crippen LogP contribution in [0.3, 0.4) is 0 Å². The number of amides is 2. The highest BCUT2D eigenvalue weighted by Gasteiger charge is 2.30. The van der Waals surface area contributed by atoms with Crippen LogP contribution < -0.4 is 20.1 Å². The number of halogens is 1. The zero-order chi connectivity index (χ0) is 21.9. The van der Waals surface area contributed by atoms with Crippen molar-refractivity contribution in [1.82, 2.24) is 10.0 Å². The summed E-state index contributed by atoms with van der Waals surface area (Å²) >= 11 is 3.36. The summed E-state index contributed by atoms with van der Waals surface area (Å²) in [6, 6.07) is 9.45. The molecule has 0 spiro atoms. The molecule has 0 unspecified atom stereocenters. The Balaban J connectivity index is 1.67. The smallest absolute Gasteiger partial charge is 0.251 e. The van der Waals surface area contributed by atoms with Crippen LogP contribution in [0.15, 0.2) is 45.8 Å². The van der Waals surface area contributed by atoms with Gasteiger partial charge in [0.1, 0.15) is 10.6 Å². The molecule has 3 rings (SSSR count). The summed E-state index contributed by atoms with van der Waals surface area (Å²) in [5.74, 6) is -0.822. The Morgan fingerprint density at radius 1 is 1.17 bits per heavy atom. The molecule has 3 N–H and O–H groups in total. The first-order chi connectivity index (χ1) is 14.2. The number of hydrogen-bond acceptors (Lipinski definition) is 5. The first kappa shape index (κ1) is 22.3. The molecule has 160 valence electrons. The average molecular weight is 496 g/mol. The molecule has 0 radical (unpaired) electrons. The largest absolute Gasteiger partial charge is 0.495 e. The van der Waals surface area contributed by atoms with Gasteiger partial charge in [-0.05, 0) is 61.7 Å². The maximum Gasteiger partial charge on any atom is 0.251 e. The summed E-state index contributed by atoms with van der Waals surface area (Å²) in [6.45, 7) is 1.59.